The molecule has 4 heteroatoms. The number of furan rings is 1. The maximum atomic E-state index is 6.07. The Morgan fingerprint density at radius 1 is 1.50 bits per heavy atom. The average Bonchev–Trinajstić information content (AvgIpc) is 2.80. The van der Waals surface area contributed by atoms with Crippen molar-refractivity contribution < 1.29 is 4.42 Å². The molecule has 14 heavy (non-hydrogen) atoms. The largest absolute Gasteiger partial charge is 0.472 e. The van der Waals surface area contributed by atoms with Gasteiger partial charge in [0, 0.05) is 10.4 Å². The Balaban J connectivity index is 2.36. The number of hydrogen-bond acceptors (Lipinski definition) is 3. The van der Waals surface area contributed by atoms with E-state index < -0.39 is 0 Å². The summed E-state index contributed by atoms with van der Waals surface area (Å²) in [5, 5.41) is 6.00. The molecule has 2 aromatic heterocycles. The zero-order valence-electron chi connectivity index (χ0n) is 7.66. The maximum Gasteiger partial charge on any atom is 0.0954 e. The highest BCUT2D eigenvalue weighted by molar-refractivity contribution is 7.10. The van der Waals surface area contributed by atoms with E-state index in [1.165, 1.54) is 0 Å². The van der Waals surface area contributed by atoms with Crippen molar-refractivity contribution >= 4 is 22.9 Å². The van der Waals surface area contributed by atoms with Crippen molar-refractivity contribution in [2.24, 2.45) is 0 Å². The first-order valence-corrected chi connectivity index (χ1v) is 5.51. The minimum Gasteiger partial charge on any atom is -0.472 e. The van der Waals surface area contributed by atoms with Crippen LogP contribution in [-0.2, 0) is 0 Å². The van der Waals surface area contributed by atoms with E-state index in [2.05, 4.69) is 5.32 Å². The van der Waals surface area contributed by atoms with Crippen LogP contribution in [0.5, 0.6) is 0 Å². The van der Waals surface area contributed by atoms with E-state index in [9.17, 15) is 0 Å². The fourth-order valence-corrected chi connectivity index (χ4v) is 2.70. The Morgan fingerprint density at radius 2 is 2.36 bits per heavy atom. The Labute approximate surface area is 91.5 Å². The molecule has 1 N–H and O–H groups in total. The number of nitrogens with one attached hydrogen (secondary N) is 1. The van der Waals surface area contributed by atoms with Gasteiger partial charge in [0.2, 0.25) is 0 Å². The molecule has 74 valence electrons. The molecule has 1 atom stereocenters. The van der Waals surface area contributed by atoms with Crippen LogP contribution in [0.2, 0.25) is 5.02 Å². The third-order valence-electron chi connectivity index (χ3n) is 2.07. The topological polar surface area (TPSA) is 25.2 Å². The number of hydrogen-bond donors (Lipinski definition) is 1. The Morgan fingerprint density at radius 3 is 2.86 bits per heavy atom. The molecule has 2 rings (SSSR count). The molecule has 0 aromatic carbocycles. The summed E-state index contributed by atoms with van der Waals surface area (Å²) in [6.07, 6.45) is 3.40. The van der Waals surface area contributed by atoms with Gasteiger partial charge in [-0.15, -0.1) is 11.3 Å². The average molecular weight is 228 g/mol. The van der Waals surface area contributed by atoms with E-state index in [1.54, 1.807) is 23.9 Å². The highest BCUT2D eigenvalue weighted by Gasteiger charge is 2.17. The first-order valence-electron chi connectivity index (χ1n) is 4.25. The van der Waals surface area contributed by atoms with Crippen LogP contribution in [0.3, 0.4) is 0 Å². The van der Waals surface area contributed by atoms with E-state index in [4.69, 9.17) is 16.0 Å². The van der Waals surface area contributed by atoms with Gasteiger partial charge in [-0.1, -0.05) is 11.6 Å². The molecule has 0 saturated heterocycles. The van der Waals surface area contributed by atoms with Crippen LogP contribution in [0.25, 0.3) is 0 Å². The molecular weight excluding hydrogens is 218 g/mol. The van der Waals surface area contributed by atoms with E-state index in [1.807, 2.05) is 24.6 Å². The van der Waals surface area contributed by atoms with Crippen molar-refractivity contribution in [2.45, 2.75) is 6.04 Å². The van der Waals surface area contributed by atoms with Gasteiger partial charge in [0.25, 0.3) is 0 Å². The first-order chi connectivity index (χ1) is 6.83. The first kappa shape index (κ1) is 9.77. The second kappa shape index (κ2) is 4.17. The lowest BCUT2D eigenvalue weighted by Gasteiger charge is -2.12. The molecule has 0 amide bonds. The maximum absolute atomic E-state index is 6.07. The molecule has 0 saturated carbocycles. The fourth-order valence-electron chi connectivity index (χ4n) is 1.40. The summed E-state index contributed by atoms with van der Waals surface area (Å²) in [6, 6.07) is 3.98. The van der Waals surface area contributed by atoms with Crippen molar-refractivity contribution in [2.75, 3.05) is 7.05 Å². The summed E-state index contributed by atoms with van der Waals surface area (Å²) in [5.41, 5.74) is 1.09. The molecule has 0 aliphatic carbocycles. The molecule has 0 spiro atoms. The second-order valence-corrected chi connectivity index (χ2v) is 4.27. The predicted octanol–water partition coefficient (Wildman–Crippen LogP) is 3.30. The molecule has 0 fully saturated rings. The molecule has 0 radical (unpaired) electrons. The minimum atomic E-state index is 0.126. The Hall–Kier alpha value is -0.770. The van der Waals surface area contributed by atoms with Crippen molar-refractivity contribution in [1.82, 2.24) is 5.32 Å². The van der Waals surface area contributed by atoms with Crippen LogP contribution in [0.15, 0.2) is 34.5 Å². The minimum absolute atomic E-state index is 0.126. The predicted molar refractivity (Wildman–Crippen MR) is 58.9 cm³/mol. The van der Waals surface area contributed by atoms with Crippen LogP contribution < -0.4 is 5.32 Å². The summed E-state index contributed by atoms with van der Waals surface area (Å²) in [6.45, 7) is 0. The third-order valence-corrected chi connectivity index (χ3v) is 3.50. The quantitative estimate of drug-likeness (QED) is 0.871. The van der Waals surface area contributed by atoms with Crippen LogP contribution in [0.1, 0.15) is 16.5 Å². The van der Waals surface area contributed by atoms with Crippen LogP contribution in [0.4, 0.5) is 0 Å². The summed E-state index contributed by atoms with van der Waals surface area (Å²) in [5.74, 6) is 0. The molecule has 0 bridgehead atoms. The van der Waals surface area contributed by atoms with E-state index in [-0.39, 0.29) is 6.04 Å². The van der Waals surface area contributed by atoms with Crippen molar-refractivity contribution in [3.8, 4) is 0 Å². The fraction of sp³-hybridized carbons (Fsp3) is 0.200. The molecule has 2 aromatic rings. The van der Waals surface area contributed by atoms with Gasteiger partial charge < -0.3 is 9.73 Å². The molecule has 1 unspecified atom stereocenters. The molecule has 2 nitrogen and oxygen atoms in total. The van der Waals surface area contributed by atoms with E-state index >= 15 is 0 Å². The highest BCUT2D eigenvalue weighted by Crippen LogP contribution is 2.32. The molecule has 0 aliphatic rings. The zero-order valence-corrected chi connectivity index (χ0v) is 9.23. The summed E-state index contributed by atoms with van der Waals surface area (Å²) in [7, 11) is 1.91. The van der Waals surface area contributed by atoms with E-state index in [0.29, 0.717) is 0 Å². The monoisotopic (exact) mass is 227 g/mol. The van der Waals surface area contributed by atoms with Crippen molar-refractivity contribution in [3.63, 3.8) is 0 Å². The number of thiophene rings is 1. The Kier molecular flexibility index (Phi) is 2.91. The lowest BCUT2D eigenvalue weighted by Crippen LogP contribution is -2.15. The Bertz CT molecular complexity index is 396. The van der Waals surface area contributed by atoms with Crippen molar-refractivity contribution in [1.29, 1.82) is 0 Å². The molecule has 0 aliphatic heterocycles. The van der Waals surface area contributed by atoms with E-state index in [0.717, 1.165) is 15.5 Å². The summed E-state index contributed by atoms with van der Waals surface area (Å²) >= 11 is 7.71. The van der Waals surface area contributed by atoms with Gasteiger partial charge in [0.15, 0.2) is 0 Å². The molecular formula is C10H10ClNOS. The van der Waals surface area contributed by atoms with Gasteiger partial charge >= 0.3 is 0 Å². The van der Waals surface area contributed by atoms with Gasteiger partial charge in [0.05, 0.1) is 23.6 Å². The normalized spacial score (nSPS) is 13.0. The lowest BCUT2D eigenvalue weighted by molar-refractivity contribution is 0.558. The summed E-state index contributed by atoms with van der Waals surface area (Å²) < 4.78 is 5.06. The lowest BCUT2D eigenvalue weighted by atomic mass is 10.1. The smallest absolute Gasteiger partial charge is 0.0954 e. The summed E-state index contributed by atoms with van der Waals surface area (Å²) in [4.78, 5) is 1.12. The number of rotatable bonds is 3. The molecule has 2 heterocycles. The van der Waals surface area contributed by atoms with Gasteiger partial charge in [-0.25, -0.2) is 0 Å². The van der Waals surface area contributed by atoms with Gasteiger partial charge in [0.1, 0.15) is 0 Å². The van der Waals surface area contributed by atoms with Crippen LogP contribution >= 0.6 is 22.9 Å². The van der Waals surface area contributed by atoms with Crippen molar-refractivity contribution in [3.05, 3.63) is 45.5 Å². The SMILES string of the molecule is CNC(c1ccoc1)c1sccc1Cl. The zero-order chi connectivity index (χ0) is 9.97. The van der Waals surface area contributed by atoms with Gasteiger partial charge in [-0.2, -0.15) is 0 Å². The number of halogens is 1. The standard InChI is InChI=1S/C10H10ClNOS/c1-12-9(7-2-4-13-6-7)10-8(11)3-5-14-10/h2-6,9,12H,1H3. The third kappa shape index (κ3) is 1.71. The van der Waals surface area contributed by atoms with Crippen LogP contribution in [0, 0.1) is 0 Å². The van der Waals surface area contributed by atoms with Gasteiger partial charge in [-0.05, 0) is 24.6 Å². The van der Waals surface area contributed by atoms with Crippen LogP contribution in [-0.4, -0.2) is 7.05 Å². The van der Waals surface area contributed by atoms with Gasteiger partial charge in [-0.3, -0.25) is 0 Å². The second-order valence-electron chi connectivity index (χ2n) is 2.91. The highest BCUT2D eigenvalue weighted by atomic mass is 35.5.